The molecule has 2 aliphatic rings. The molecule has 1 nitrogen and oxygen atoms in total. The van der Waals surface area contributed by atoms with Gasteiger partial charge in [0.15, 0.2) is 0 Å². The molecule has 2 saturated carbocycles. The molecule has 2 fully saturated rings. The lowest BCUT2D eigenvalue weighted by Gasteiger charge is -2.31. The number of hydrogen-bond donors (Lipinski definition) is 0. The van der Waals surface area contributed by atoms with E-state index in [0.29, 0.717) is 6.10 Å². The minimum absolute atomic E-state index is 0.563. The van der Waals surface area contributed by atoms with E-state index in [0.717, 1.165) is 17.8 Å². The average molecular weight is 278 g/mol. The molecule has 0 N–H and O–H groups in total. The van der Waals surface area contributed by atoms with Gasteiger partial charge in [0.2, 0.25) is 0 Å². The van der Waals surface area contributed by atoms with Crippen molar-refractivity contribution in [2.75, 3.05) is 7.11 Å². The largest absolute Gasteiger partial charge is 0.381 e. The Bertz CT molecular complexity index is 267. The SMILES string of the molecule is C/C=C/CC1CCC(CCC2CCC(OC)CC2)CC1. The van der Waals surface area contributed by atoms with Gasteiger partial charge in [-0.1, -0.05) is 37.8 Å². The van der Waals surface area contributed by atoms with Gasteiger partial charge >= 0.3 is 0 Å². The summed E-state index contributed by atoms with van der Waals surface area (Å²) in [6, 6.07) is 0. The van der Waals surface area contributed by atoms with Gasteiger partial charge in [0.05, 0.1) is 6.10 Å². The molecule has 0 amide bonds. The van der Waals surface area contributed by atoms with E-state index >= 15 is 0 Å². The minimum Gasteiger partial charge on any atom is -0.381 e. The summed E-state index contributed by atoms with van der Waals surface area (Å²) in [5.41, 5.74) is 0. The lowest BCUT2D eigenvalue weighted by atomic mass is 9.76. The van der Waals surface area contributed by atoms with E-state index in [4.69, 9.17) is 4.74 Å². The summed E-state index contributed by atoms with van der Waals surface area (Å²) in [7, 11) is 1.87. The Balaban J connectivity index is 1.57. The van der Waals surface area contributed by atoms with Crippen LogP contribution in [0.25, 0.3) is 0 Å². The van der Waals surface area contributed by atoms with Gasteiger partial charge in [-0.25, -0.2) is 0 Å². The molecule has 0 aromatic carbocycles. The minimum atomic E-state index is 0.563. The first kappa shape index (κ1) is 16.1. The molecular formula is C19H34O. The van der Waals surface area contributed by atoms with Crippen molar-refractivity contribution in [3.8, 4) is 0 Å². The van der Waals surface area contributed by atoms with Crippen LogP contribution in [0.4, 0.5) is 0 Å². The van der Waals surface area contributed by atoms with Crippen LogP contribution in [0.2, 0.25) is 0 Å². The van der Waals surface area contributed by atoms with Crippen LogP contribution in [0, 0.1) is 17.8 Å². The molecule has 0 unspecified atom stereocenters. The Morgan fingerprint density at radius 3 is 1.80 bits per heavy atom. The van der Waals surface area contributed by atoms with E-state index in [1.165, 1.54) is 70.6 Å². The maximum Gasteiger partial charge on any atom is 0.0571 e. The summed E-state index contributed by atoms with van der Waals surface area (Å²) in [4.78, 5) is 0. The lowest BCUT2D eigenvalue weighted by molar-refractivity contribution is 0.0540. The van der Waals surface area contributed by atoms with E-state index in [1.54, 1.807) is 0 Å². The molecule has 0 bridgehead atoms. The topological polar surface area (TPSA) is 9.23 Å². The van der Waals surface area contributed by atoms with Crippen LogP contribution < -0.4 is 0 Å². The third-order valence-corrected chi connectivity index (χ3v) is 5.78. The van der Waals surface area contributed by atoms with Crippen LogP contribution in [0.3, 0.4) is 0 Å². The van der Waals surface area contributed by atoms with Crippen LogP contribution in [-0.2, 0) is 4.74 Å². The summed E-state index contributed by atoms with van der Waals surface area (Å²) in [6.45, 7) is 2.14. The molecule has 2 rings (SSSR count). The highest BCUT2D eigenvalue weighted by Gasteiger charge is 2.24. The molecule has 2 aliphatic carbocycles. The summed E-state index contributed by atoms with van der Waals surface area (Å²) in [6.07, 6.45) is 20.8. The first-order chi connectivity index (χ1) is 9.81. The smallest absolute Gasteiger partial charge is 0.0571 e. The van der Waals surface area contributed by atoms with Gasteiger partial charge in [-0.15, -0.1) is 0 Å². The van der Waals surface area contributed by atoms with Gasteiger partial charge in [0, 0.05) is 7.11 Å². The van der Waals surface area contributed by atoms with Crippen LogP contribution in [-0.4, -0.2) is 13.2 Å². The summed E-state index contributed by atoms with van der Waals surface area (Å²) in [5.74, 6) is 3.03. The number of hydrogen-bond acceptors (Lipinski definition) is 1. The molecule has 0 aliphatic heterocycles. The highest BCUT2D eigenvalue weighted by molar-refractivity contribution is 4.83. The van der Waals surface area contributed by atoms with Gasteiger partial charge in [-0.05, 0) is 69.6 Å². The van der Waals surface area contributed by atoms with Crippen molar-refractivity contribution >= 4 is 0 Å². The Morgan fingerprint density at radius 2 is 1.30 bits per heavy atom. The fourth-order valence-corrected chi connectivity index (χ4v) is 4.21. The summed E-state index contributed by atoms with van der Waals surface area (Å²) < 4.78 is 5.47. The molecule has 0 saturated heterocycles. The van der Waals surface area contributed by atoms with Crippen molar-refractivity contribution < 1.29 is 4.74 Å². The normalized spacial score (nSPS) is 35.5. The van der Waals surface area contributed by atoms with Gasteiger partial charge in [0.1, 0.15) is 0 Å². The van der Waals surface area contributed by atoms with Crippen molar-refractivity contribution in [3.63, 3.8) is 0 Å². The Morgan fingerprint density at radius 1 is 0.800 bits per heavy atom. The van der Waals surface area contributed by atoms with Gasteiger partial charge in [-0.3, -0.25) is 0 Å². The van der Waals surface area contributed by atoms with E-state index in [9.17, 15) is 0 Å². The molecule has 0 atom stereocenters. The molecule has 20 heavy (non-hydrogen) atoms. The van der Waals surface area contributed by atoms with Crippen LogP contribution in [0.15, 0.2) is 12.2 Å². The number of allylic oxidation sites excluding steroid dienone is 2. The molecular weight excluding hydrogens is 244 g/mol. The second kappa shape index (κ2) is 8.87. The Hall–Kier alpha value is -0.300. The quantitative estimate of drug-likeness (QED) is 0.562. The third kappa shape index (κ3) is 5.24. The van der Waals surface area contributed by atoms with E-state index < -0.39 is 0 Å². The maximum absolute atomic E-state index is 5.47. The van der Waals surface area contributed by atoms with E-state index in [2.05, 4.69) is 19.1 Å². The van der Waals surface area contributed by atoms with Crippen molar-refractivity contribution in [2.24, 2.45) is 17.8 Å². The highest BCUT2D eigenvalue weighted by atomic mass is 16.5. The van der Waals surface area contributed by atoms with Gasteiger partial charge in [-0.2, -0.15) is 0 Å². The van der Waals surface area contributed by atoms with Crippen molar-refractivity contribution in [2.45, 2.75) is 83.7 Å². The predicted octanol–water partition coefficient (Wildman–Crippen LogP) is 5.74. The molecule has 0 spiro atoms. The number of rotatable bonds is 6. The highest BCUT2D eigenvalue weighted by Crippen LogP contribution is 2.36. The fourth-order valence-electron chi connectivity index (χ4n) is 4.21. The van der Waals surface area contributed by atoms with Gasteiger partial charge in [0.25, 0.3) is 0 Å². The zero-order valence-corrected chi connectivity index (χ0v) is 13.7. The van der Waals surface area contributed by atoms with Crippen molar-refractivity contribution in [3.05, 3.63) is 12.2 Å². The zero-order chi connectivity index (χ0) is 14.2. The molecule has 0 aromatic heterocycles. The fraction of sp³-hybridized carbons (Fsp3) is 0.895. The summed E-state index contributed by atoms with van der Waals surface area (Å²) in [5, 5.41) is 0. The molecule has 0 aromatic rings. The molecule has 0 radical (unpaired) electrons. The second-order valence-corrected chi connectivity index (χ2v) is 7.15. The Kier molecular flexibility index (Phi) is 7.13. The first-order valence-corrected chi connectivity index (χ1v) is 8.95. The van der Waals surface area contributed by atoms with E-state index in [-0.39, 0.29) is 0 Å². The molecule has 1 heteroatoms. The molecule has 0 heterocycles. The second-order valence-electron chi connectivity index (χ2n) is 7.15. The van der Waals surface area contributed by atoms with E-state index in [1.807, 2.05) is 7.11 Å². The average Bonchev–Trinajstić information content (AvgIpc) is 2.52. The third-order valence-electron chi connectivity index (χ3n) is 5.78. The molecule has 116 valence electrons. The zero-order valence-electron chi connectivity index (χ0n) is 13.7. The predicted molar refractivity (Wildman–Crippen MR) is 86.9 cm³/mol. The van der Waals surface area contributed by atoms with Crippen molar-refractivity contribution in [1.29, 1.82) is 0 Å². The summed E-state index contributed by atoms with van der Waals surface area (Å²) >= 11 is 0. The van der Waals surface area contributed by atoms with Crippen molar-refractivity contribution in [1.82, 2.24) is 0 Å². The maximum atomic E-state index is 5.47. The van der Waals surface area contributed by atoms with Crippen LogP contribution in [0.1, 0.15) is 77.6 Å². The van der Waals surface area contributed by atoms with Crippen LogP contribution in [0.5, 0.6) is 0 Å². The Labute approximate surface area is 126 Å². The standard InChI is InChI=1S/C19H34O/c1-3-4-5-16-6-8-17(9-7-16)10-11-18-12-14-19(20-2)15-13-18/h3-4,16-19H,5-15H2,1-2H3/b4-3+. The lowest BCUT2D eigenvalue weighted by Crippen LogP contribution is -2.21. The van der Waals surface area contributed by atoms with Crippen LogP contribution >= 0.6 is 0 Å². The number of ether oxygens (including phenoxy) is 1. The number of methoxy groups -OCH3 is 1. The monoisotopic (exact) mass is 278 g/mol. The first-order valence-electron chi connectivity index (χ1n) is 8.95. The van der Waals surface area contributed by atoms with Gasteiger partial charge < -0.3 is 4.74 Å².